The third kappa shape index (κ3) is 4.54. The van der Waals surface area contributed by atoms with E-state index in [1.165, 1.54) is 64.0 Å². The van der Waals surface area contributed by atoms with Crippen LogP contribution in [0.5, 0.6) is 0 Å². The fourth-order valence-electron chi connectivity index (χ4n) is 6.81. The molecule has 2 heteroatoms. The second-order valence-electron chi connectivity index (χ2n) is 11.8. The van der Waals surface area contributed by atoms with Gasteiger partial charge in [-0.1, -0.05) is 127 Å². The van der Waals surface area contributed by atoms with Gasteiger partial charge in [0.15, 0.2) is 0 Å². The Kier molecular flexibility index (Phi) is 6.40. The van der Waals surface area contributed by atoms with Crippen LogP contribution in [0.2, 0.25) is 0 Å². The summed E-state index contributed by atoms with van der Waals surface area (Å²) >= 11 is 1.85. The second kappa shape index (κ2) is 11.0. The molecule has 0 radical (unpaired) electrons. The monoisotopic (exact) mass is 603 g/mol. The van der Waals surface area contributed by atoms with E-state index >= 15 is 0 Å². The van der Waals surface area contributed by atoms with E-state index in [4.69, 9.17) is 0 Å². The average Bonchev–Trinajstić information content (AvgIpc) is 3.57. The van der Waals surface area contributed by atoms with Gasteiger partial charge >= 0.3 is 0 Å². The summed E-state index contributed by atoms with van der Waals surface area (Å²) in [4.78, 5) is 3.67. The molecule has 8 aromatic carbocycles. The van der Waals surface area contributed by atoms with Crippen molar-refractivity contribution in [1.29, 1.82) is 0 Å². The first-order chi connectivity index (χ1) is 22.8. The average molecular weight is 604 g/mol. The van der Waals surface area contributed by atoms with Gasteiger partial charge in [0.25, 0.3) is 0 Å². The molecule has 0 N–H and O–H groups in total. The highest BCUT2D eigenvalue weighted by Gasteiger charge is 2.16. The zero-order valence-corrected chi connectivity index (χ0v) is 25.9. The van der Waals surface area contributed by atoms with Gasteiger partial charge in [0.1, 0.15) is 0 Å². The van der Waals surface area contributed by atoms with Crippen LogP contribution in [-0.4, -0.2) is 0 Å². The van der Waals surface area contributed by atoms with Crippen LogP contribution in [0.15, 0.2) is 176 Å². The summed E-state index contributed by atoms with van der Waals surface area (Å²) in [5, 5.41) is 8.98. The third-order valence-electron chi connectivity index (χ3n) is 9.05. The Morgan fingerprint density at radius 3 is 1.43 bits per heavy atom. The molecule has 46 heavy (non-hydrogen) atoms. The molecule has 0 fully saturated rings. The van der Waals surface area contributed by atoms with Gasteiger partial charge in [-0.3, -0.25) is 0 Å². The van der Waals surface area contributed by atoms with Gasteiger partial charge in [0.2, 0.25) is 0 Å². The number of thiophene rings is 1. The molecule has 0 aliphatic carbocycles. The number of nitrogens with zero attached hydrogens (tertiary/aromatic N) is 1. The lowest BCUT2D eigenvalue weighted by Crippen LogP contribution is -2.10. The molecule has 9 aromatic rings. The molecule has 0 atom stereocenters. The van der Waals surface area contributed by atoms with E-state index in [1.54, 1.807) is 0 Å². The number of hydrogen-bond donors (Lipinski definition) is 0. The van der Waals surface area contributed by atoms with Gasteiger partial charge in [0.05, 0.1) is 0 Å². The first-order valence-corrected chi connectivity index (χ1v) is 16.5. The van der Waals surface area contributed by atoms with Crippen LogP contribution in [0, 0.1) is 0 Å². The summed E-state index contributed by atoms with van der Waals surface area (Å²) in [6.07, 6.45) is 0. The van der Waals surface area contributed by atoms with Crippen molar-refractivity contribution in [2.75, 3.05) is 4.90 Å². The highest BCUT2D eigenvalue weighted by Crippen LogP contribution is 2.42. The Morgan fingerprint density at radius 2 is 0.804 bits per heavy atom. The van der Waals surface area contributed by atoms with Crippen molar-refractivity contribution in [3.05, 3.63) is 176 Å². The Morgan fingerprint density at radius 1 is 0.326 bits per heavy atom. The zero-order chi connectivity index (χ0) is 30.5. The highest BCUT2D eigenvalue weighted by atomic mass is 32.1. The summed E-state index contributed by atoms with van der Waals surface area (Å²) in [5.41, 5.74) is 7.05. The first kappa shape index (κ1) is 26.7. The molecule has 0 aliphatic rings. The number of fused-ring (bicyclic) bond motifs is 7. The molecule has 0 amide bonds. The summed E-state index contributed by atoms with van der Waals surface area (Å²) in [6, 6.07) is 64.0. The molecular weight excluding hydrogens is 575 g/mol. The summed E-state index contributed by atoms with van der Waals surface area (Å²) < 4.78 is 1.32. The molecule has 9 rings (SSSR count). The van der Waals surface area contributed by atoms with Crippen LogP contribution < -0.4 is 4.90 Å². The van der Waals surface area contributed by atoms with Gasteiger partial charge in [-0.2, -0.15) is 0 Å². The van der Waals surface area contributed by atoms with Crippen LogP contribution in [0.4, 0.5) is 17.1 Å². The Bertz CT molecular complexity index is 2440. The predicted octanol–water partition coefficient (Wildman–Crippen LogP) is 13.2. The topological polar surface area (TPSA) is 3.24 Å². The van der Waals surface area contributed by atoms with Gasteiger partial charge in [0, 0.05) is 26.6 Å². The highest BCUT2D eigenvalue weighted by molar-refractivity contribution is 7.22. The summed E-state index contributed by atoms with van der Waals surface area (Å²) in [7, 11) is 0. The summed E-state index contributed by atoms with van der Waals surface area (Å²) in [5.74, 6) is 0. The molecule has 0 saturated carbocycles. The van der Waals surface area contributed by atoms with Crippen molar-refractivity contribution in [3.63, 3.8) is 0 Å². The first-order valence-electron chi connectivity index (χ1n) is 15.7. The van der Waals surface area contributed by atoms with Crippen molar-refractivity contribution in [2.45, 2.75) is 0 Å². The molecule has 0 aliphatic heterocycles. The smallest absolute Gasteiger partial charge is 0.0468 e. The zero-order valence-electron chi connectivity index (χ0n) is 25.1. The van der Waals surface area contributed by atoms with E-state index < -0.39 is 0 Å². The predicted molar refractivity (Wildman–Crippen MR) is 200 cm³/mol. The normalized spacial score (nSPS) is 11.5. The van der Waals surface area contributed by atoms with Crippen LogP contribution >= 0.6 is 11.3 Å². The molecule has 0 unspecified atom stereocenters. The van der Waals surface area contributed by atoms with Gasteiger partial charge in [-0.15, -0.1) is 11.3 Å². The van der Waals surface area contributed by atoms with Crippen molar-refractivity contribution >= 4 is 70.8 Å². The fourth-order valence-corrected chi connectivity index (χ4v) is 7.88. The molecular formula is C44H29NS. The van der Waals surface area contributed by atoms with E-state index in [1.807, 2.05) is 11.3 Å². The fraction of sp³-hybridized carbons (Fsp3) is 0. The maximum Gasteiger partial charge on any atom is 0.0468 e. The minimum absolute atomic E-state index is 1.12. The molecule has 1 aromatic heterocycles. The quantitative estimate of drug-likeness (QED) is 0.177. The largest absolute Gasteiger partial charge is 0.310 e. The van der Waals surface area contributed by atoms with E-state index in [-0.39, 0.29) is 0 Å². The molecule has 1 nitrogen and oxygen atoms in total. The van der Waals surface area contributed by atoms with Crippen LogP contribution in [-0.2, 0) is 0 Å². The maximum absolute atomic E-state index is 2.38. The third-order valence-corrected chi connectivity index (χ3v) is 10.2. The maximum atomic E-state index is 2.38. The van der Waals surface area contributed by atoms with Crippen molar-refractivity contribution in [1.82, 2.24) is 0 Å². The van der Waals surface area contributed by atoms with Gasteiger partial charge in [-0.05, 0) is 103 Å². The lowest BCUT2D eigenvalue weighted by Gasteiger charge is -2.26. The van der Waals surface area contributed by atoms with E-state index in [9.17, 15) is 0 Å². The number of benzene rings is 8. The van der Waals surface area contributed by atoms with Crippen molar-refractivity contribution in [2.24, 2.45) is 0 Å². The van der Waals surface area contributed by atoms with E-state index in [0.717, 1.165) is 17.1 Å². The molecule has 216 valence electrons. The standard InChI is InChI=1S/C44H29NS/c1-2-10-30(11-3-1)31-18-22-34(23-19-31)45(35-24-20-32(21-25-35)44-28-33-12-4-9-17-43(33)46-44)36-26-27-41-39-15-6-5-13-37(39)38-14-7-8-16-40(38)42(41)29-36/h1-29H. The van der Waals surface area contributed by atoms with Crippen LogP contribution in [0.25, 0.3) is 64.0 Å². The number of hydrogen-bond acceptors (Lipinski definition) is 2. The minimum Gasteiger partial charge on any atom is -0.310 e. The number of anilines is 3. The van der Waals surface area contributed by atoms with E-state index in [0.29, 0.717) is 0 Å². The van der Waals surface area contributed by atoms with Crippen molar-refractivity contribution < 1.29 is 0 Å². The Hall–Kier alpha value is -5.70. The van der Waals surface area contributed by atoms with Crippen molar-refractivity contribution in [3.8, 4) is 21.6 Å². The molecule has 0 bridgehead atoms. The molecule has 1 heterocycles. The van der Waals surface area contributed by atoms with Gasteiger partial charge < -0.3 is 4.90 Å². The van der Waals surface area contributed by atoms with Crippen LogP contribution in [0.1, 0.15) is 0 Å². The second-order valence-corrected chi connectivity index (χ2v) is 12.8. The molecule has 0 spiro atoms. The number of rotatable bonds is 5. The Balaban J connectivity index is 1.21. The Labute approximate surface area is 272 Å². The molecule has 0 saturated heterocycles. The van der Waals surface area contributed by atoms with Gasteiger partial charge in [-0.25, -0.2) is 0 Å². The van der Waals surface area contributed by atoms with E-state index in [2.05, 4.69) is 181 Å². The van der Waals surface area contributed by atoms with Crippen LogP contribution in [0.3, 0.4) is 0 Å². The summed E-state index contributed by atoms with van der Waals surface area (Å²) in [6.45, 7) is 0. The minimum atomic E-state index is 1.12. The lowest BCUT2D eigenvalue weighted by atomic mass is 9.94. The SMILES string of the molecule is c1ccc(-c2ccc(N(c3ccc(-c4cc5ccccc5s4)cc3)c3ccc4c5ccccc5c5ccccc5c4c3)cc2)cc1. The lowest BCUT2D eigenvalue weighted by molar-refractivity contribution is 1.29.